The Morgan fingerprint density at radius 1 is 1.22 bits per heavy atom. The molecule has 0 amide bonds. The molecular formula is C15H18FNS. The molecule has 0 saturated heterocycles. The molecule has 0 aliphatic rings. The summed E-state index contributed by atoms with van der Waals surface area (Å²) in [6.07, 6.45) is 0. The molecular weight excluding hydrogens is 245 g/mol. The third kappa shape index (κ3) is 3.18. The Kier molecular flexibility index (Phi) is 4.15. The van der Waals surface area contributed by atoms with Crippen molar-refractivity contribution in [3.8, 4) is 10.4 Å². The van der Waals surface area contributed by atoms with Crippen molar-refractivity contribution in [2.45, 2.75) is 33.4 Å². The number of hydrogen-bond donors (Lipinski definition) is 1. The Morgan fingerprint density at radius 3 is 2.67 bits per heavy atom. The fraction of sp³-hybridized carbons (Fsp3) is 0.333. The molecule has 3 heteroatoms. The Labute approximate surface area is 112 Å². The van der Waals surface area contributed by atoms with Crippen LogP contribution in [0.2, 0.25) is 0 Å². The number of aryl methyl sites for hydroxylation is 1. The summed E-state index contributed by atoms with van der Waals surface area (Å²) in [6.45, 7) is 7.12. The van der Waals surface area contributed by atoms with Crippen molar-refractivity contribution in [1.29, 1.82) is 0 Å². The van der Waals surface area contributed by atoms with Crippen LogP contribution in [0.15, 0.2) is 30.3 Å². The molecule has 2 rings (SSSR count). The first-order valence-corrected chi connectivity index (χ1v) is 6.96. The maximum Gasteiger partial charge on any atom is 0.123 e. The van der Waals surface area contributed by atoms with Crippen LogP contribution in [0.25, 0.3) is 10.4 Å². The van der Waals surface area contributed by atoms with Crippen LogP contribution in [-0.2, 0) is 6.54 Å². The van der Waals surface area contributed by atoms with Crippen LogP contribution in [-0.4, -0.2) is 6.04 Å². The van der Waals surface area contributed by atoms with Crippen LogP contribution < -0.4 is 5.32 Å². The van der Waals surface area contributed by atoms with Gasteiger partial charge in [0.25, 0.3) is 0 Å². The molecule has 96 valence electrons. The number of nitrogens with one attached hydrogen (secondary N) is 1. The number of thiophene rings is 1. The number of hydrogen-bond acceptors (Lipinski definition) is 2. The summed E-state index contributed by atoms with van der Waals surface area (Å²) in [5, 5.41) is 3.40. The first kappa shape index (κ1) is 13.2. The van der Waals surface area contributed by atoms with Gasteiger partial charge in [-0.1, -0.05) is 19.9 Å². The zero-order valence-electron chi connectivity index (χ0n) is 11.0. The molecule has 1 N–H and O–H groups in total. The lowest BCUT2D eigenvalue weighted by molar-refractivity contribution is 0.593. The van der Waals surface area contributed by atoms with Gasteiger partial charge in [0, 0.05) is 22.3 Å². The van der Waals surface area contributed by atoms with E-state index in [1.165, 1.54) is 15.8 Å². The van der Waals surface area contributed by atoms with Crippen molar-refractivity contribution in [3.05, 3.63) is 46.6 Å². The van der Waals surface area contributed by atoms with Gasteiger partial charge in [0.2, 0.25) is 0 Å². The fourth-order valence-electron chi connectivity index (χ4n) is 1.83. The first-order valence-electron chi connectivity index (χ1n) is 6.15. The molecule has 0 saturated carbocycles. The van der Waals surface area contributed by atoms with E-state index >= 15 is 0 Å². The van der Waals surface area contributed by atoms with Crippen LogP contribution in [0.5, 0.6) is 0 Å². The van der Waals surface area contributed by atoms with Gasteiger partial charge in [-0.2, -0.15) is 0 Å². The molecule has 1 aromatic heterocycles. The second-order valence-electron chi connectivity index (χ2n) is 4.76. The highest BCUT2D eigenvalue weighted by Crippen LogP contribution is 2.30. The minimum Gasteiger partial charge on any atom is -0.310 e. The normalized spacial score (nSPS) is 11.2. The van der Waals surface area contributed by atoms with Gasteiger partial charge in [-0.15, -0.1) is 11.3 Å². The van der Waals surface area contributed by atoms with Crippen molar-refractivity contribution in [2.24, 2.45) is 0 Å². The SMILES string of the molecule is Cc1cc(F)ccc1-c1ccc(CNC(C)C)s1. The molecule has 0 aliphatic carbocycles. The smallest absolute Gasteiger partial charge is 0.123 e. The van der Waals surface area contributed by atoms with E-state index in [4.69, 9.17) is 0 Å². The minimum absolute atomic E-state index is 0.172. The quantitative estimate of drug-likeness (QED) is 0.864. The third-order valence-electron chi connectivity index (χ3n) is 2.80. The Hall–Kier alpha value is -1.19. The van der Waals surface area contributed by atoms with Gasteiger partial charge in [-0.25, -0.2) is 4.39 Å². The highest BCUT2D eigenvalue weighted by Gasteiger charge is 2.06. The zero-order chi connectivity index (χ0) is 13.1. The lowest BCUT2D eigenvalue weighted by Crippen LogP contribution is -2.21. The van der Waals surface area contributed by atoms with Crippen LogP contribution in [0, 0.1) is 12.7 Å². The summed E-state index contributed by atoms with van der Waals surface area (Å²) in [4.78, 5) is 2.51. The van der Waals surface area contributed by atoms with Crippen molar-refractivity contribution in [2.75, 3.05) is 0 Å². The highest BCUT2D eigenvalue weighted by molar-refractivity contribution is 7.15. The topological polar surface area (TPSA) is 12.0 Å². The second kappa shape index (κ2) is 5.63. The van der Waals surface area contributed by atoms with Crippen molar-refractivity contribution >= 4 is 11.3 Å². The maximum atomic E-state index is 13.1. The average Bonchev–Trinajstić information content (AvgIpc) is 2.75. The molecule has 0 fully saturated rings. The van der Waals surface area contributed by atoms with E-state index in [-0.39, 0.29) is 5.82 Å². The van der Waals surface area contributed by atoms with Gasteiger partial charge in [0.1, 0.15) is 5.82 Å². The van der Waals surface area contributed by atoms with Gasteiger partial charge in [0.15, 0.2) is 0 Å². The summed E-state index contributed by atoms with van der Waals surface area (Å²) in [5.74, 6) is -0.172. The molecule has 0 atom stereocenters. The first-order chi connectivity index (χ1) is 8.56. The summed E-state index contributed by atoms with van der Waals surface area (Å²) < 4.78 is 13.1. The van der Waals surface area contributed by atoms with Crippen molar-refractivity contribution in [1.82, 2.24) is 5.32 Å². The minimum atomic E-state index is -0.172. The lowest BCUT2D eigenvalue weighted by Gasteiger charge is -2.05. The van der Waals surface area contributed by atoms with Gasteiger partial charge in [0.05, 0.1) is 0 Å². The van der Waals surface area contributed by atoms with Crippen LogP contribution >= 0.6 is 11.3 Å². The van der Waals surface area contributed by atoms with Gasteiger partial charge in [-0.05, 0) is 42.3 Å². The lowest BCUT2D eigenvalue weighted by atomic mass is 10.1. The molecule has 0 unspecified atom stereocenters. The van der Waals surface area contributed by atoms with Gasteiger partial charge >= 0.3 is 0 Å². The van der Waals surface area contributed by atoms with Crippen LogP contribution in [0.3, 0.4) is 0 Å². The Morgan fingerprint density at radius 2 is 2.00 bits per heavy atom. The standard InChI is InChI=1S/C15H18FNS/c1-10(2)17-9-13-5-7-15(18-13)14-6-4-12(16)8-11(14)3/h4-8,10,17H,9H2,1-3H3. The zero-order valence-corrected chi connectivity index (χ0v) is 11.8. The summed E-state index contributed by atoms with van der Waals surface area (Å²) in [5.41, 5.74) is 2.11. The van der Waals surface area contributed by atoms with Crippen LogP contribution in [0.4, 0.5) is 4.39 Å². The summed E-state index contributed by atoms with van der Waals surface area (Å²) >= 11 is 1.76. The predicted octanol–water partition coefficient (Wildman–Crippen LogP) is 4.36. The number of halogens is 1. The molecule has 0 radical (unpaired) electrons. The summed E-state index contributed by atoms with van der Waals surface area (Å²) in [6, 6.07) is 9.70. The van der Waals surface area contributed by atoms with E-state index in [2.05, 4.69) is 31.3 Å². The van der Waals surface area contributed by atoms with E-state index in [0.29, 0.717) is 6.04 Å². The molecule has 2 aromatic rings. The molecule has 0 aliphatic heterocycles. The molecule has 1 nitrogen and oxygen atoms in total. The van der Waals surface area contributed by atoms with Crippen molar-refractivity contribution < 1.29 is 4.39 Å². The second-order valence-corrected chi connectivity index (χ2v) is 5.93. The fourth-order valence-corrected chi connectivity index (χ4v) is 2.88. The predicted molar refractivity (Wildman–Crippen MR) is 76.4 cm³/mol. The van der Waals surface area contributed by atoms with E-state index in [9.17, 15) is 4.39 Å². The van der Waals surface area contributed by atoms with Crippen molar-refractivity contribution in [3.63, 3.8) is 0 Å². The van der Waals surface area contributed by atoms with E-state index in [1.54, 1.807) is 17.4 Å². The van der Waals surface area contributed by atoms with Gasteiger partial charge in [-0.3, -0.25) is 0 Å². The Bertz CT molecular complexity index is 531. The molecule has 1 heterocycles. The number of rotatable bonds is 4. The third-order valence-corrected chi connectivity index (χ3v) is 3.92. The number of benzene rings is 1. The van der Waals surface area contributed by atoms with Gasteiger partial charge < -0.3 is 5.32 Å². The largest absolute Gasteiger partial charge is 0.310 e. The molecule has 0 bridgehead atoms. The van der Waals surface area contributed by atoms with E-state index < -0.39 is 0 Å². The van der Waals surface area contributed by atoms with E-state index in [1.807, 2.05) is 13.0 Å². The molecule has 1 aromatic carbocycles. The summed E-state index contributed by atoms with van der Waals surface area (Å²) in [7, 11) is 0. The van der Waals surface area contributed by atoms with Crippen LogP contribution in [0.1, 0.15) is 24.3 Å². The van der Waals surface area contributed by atoms with E-state index in [0.717, 1.165) is 17.7 Å². The maximum absolute atomic E-state index is 13.1. The molecule has 18 heavy (non-hydrogen) atoms. The monoisotopic (exact) mass is 263 g/mol. The average molecular weight is 263 g/mol. The Balaban J connectivity index is 2.18. The molecule has 0 spiro atoms. The highest BCUT2D eigenvalue weighted by atomic mass is 32.1.